The van der Waals surface area contributed by atoms with E-state index < -0.39 is 5.97 Å². The molecule has 800 valence electrons. The number of aliphatic carboxylic acids is 1. The fourth-order valence-corrected chi connectivity index (χ4v) is 20.4. The summed E-state index contributed by atoms with van der Waals surface area (Å²) in [5.74, 6) is 23.8. The summed E-state index contributed by atoms with van der Waals surface area (Å²) >= 11 is 10.0. The summed E-state index contributed by atoms with van der Waals surface area (Å²) < 4.78 is 5.64. The fraction of sp³-hybridized carbons (Fsp3) is 0.882. The van der Waals surface area contributed by atoms with Crippen LogP contribution in [0.3, 0.4) is 0 Å². The SMILES string of the molecule is CC(=O)CC1CCC(C)CC1.CC1CCC(CC(=O)O)CC1.CC1CCC(CC=C(Br)Br)CC1.CC1CCC(CC=O)CC1.CC1CCC(CCO)CC1.CC1CCC(O)CC1.CC1CCC(O)CC1.CC1CCC(O)CC1.CCCBr.CCCC#CCC1CCC(C)CC1.COC(=O)/C=C/CC1CCC(C)CC1.[CH2-]C1CCC(C)CC1.[CH2-]C1CCC(CN(C)C)CC1.[CH2-]CC.[CH2-]CO.[V+2].[V+2]. The zero-order chi connectivity index (χ0) is 101. The molecule has 0 aromatic carbocycles. The van der Waals surface area contributed by atoms with Gasteiger partial charge in [-0.25, -0.2) is 4.79 Å². The van der Waals surface area contributed by atoms with Gasteiger partial charge in [-0.15, -0.1) is 11.8 Å². The smallest absolute Gasteiger partial charge is 0.481 e. The van der Waals surface area contributed by atoms with Crippen molar-refractivity contribution in [2.75, 3.05) is 46.3 Å². The van der Waals surface area contributed by atoms with Crippen LogP contribution in [0.4, 0.5) is 0 Å². The van der Waals surface area contributed by atoms with Crippen molar-refractivity contribution in [3.63, 3.8) is 0 Å². The second kappa shape index (κ2) is 98.0. The van der Waals surface area contributed by atoms with Crippen LogP contribution in [0.25, 0.3) is 0 Å². The summed E-state index contributed by atoms with van der Waals surface area (Å²) in [6.45, 7) is 49.7. The number of carboxylic acids is 1. The first-order chi connectivity index (χ1) is 63.8. The maximum absolute atomic E-state index is 10.8. The van der Waals surface area contributed by atoms with E-state index >= 15 is 0 Å². The number of ketones is 1. The number of carbonyl (C=O) groups is 4. The normalized spacial score (nSPS) is 30.8. The second-order valence-corrected chi connectivity index (χ2v) is 48.5. The molecule has 0 unspecified atom stereocenters. The van der Waals surface area contributed by atoms with Gasteiger partial charge in [-0.05, 0) is 352 Å². The van der Waals surface area contributed by atoms with E-state index in [-0.39, 0.29) is 68.0 Å². The predicted molar refractivity (Wildman–Crippen MR) is 590 cm³/mol. The average molecular weight is 2180 g/mol. The number of Topliss-reactive ketones (excluding diaryl/α,β-unsaturated/α-hetero) is 1. The second-order valence-electron chi connectivity index (χ2n) is 44.9. The number of allylic oxidation sites excluding steroid dienone is 2. The summed E-state index contributed by atoms with van der Waals surface area (Å²) in [6.07, 6.45) is 79.7. The summed E-state index contributed by atoms with van der Waals surface area (Å²) in [5.41, 5.74) is 0. The number of ether oxygens (including phenoxy) is 1. The Labute approximate surface area is 893 Å². The van der Waals surface area contributed by atoms with Crippen LogP contribution in [-0.2, 0) is 61.0 Å². The van der Waals surface area contributed by atoms with E-state index in [1.54, 1.807) is 6.92 Å². The van der Waals surface area contributed by atoms with Crippen LogP contribution in [0, 0.1) is 164 Å². The van der Waals surface area contributed by atoms with Gasteiger partial charge < -0.3 is 77.6 Å². The van der Waals surface area contributed by atoms with Gasteiger partial charge in [0.1, 0.15) is 12.1 Å². The molecule has 0 aliphatic heterocycles. The number of carbonyl (C=O) groups excluding carboxylic acids is 3. The topological polar surface area (TPSA) is 202 Å². The molecule has 0 amide bonds. The molecular weight excluding hydrogens is 1960 g/mol. The van der Waals surface area contributed by atoms with E-state index in [2.05, 4.69) is 207 Å². The third-order valence-corrected chi connectivity index (χ3v) is 31.7. The van der Waals surface area contributed by atoms with Crippen molar-refractivity contribution >= 4 is 71.8 Å². The number of esters is 1. The molecule has 12 aliphatic carbocycles. The summed E-state index contributed by atoms with van der Waals surface area (Å²) in [5, 5.41) is 52.9. The van der Waals surface area contributed by atoms with E-state index in [0.29, 0.717) is 36.6 Å². The quantitative estimate of drug-likeness (QED) is 0.0190. The molecule has 0 aromatic rings. The Kier molecular flexibility index (Phi) is 104. The monoisotopic (exact) mass is 2180 g/mol. The maximum atomic E-state index is 10.8. The first kappa shape index (κ1) is 144. The number of alkyl halides is 1. The van der Waals surface area contributed by atoms with E-state index in [4.69, 9.17) is 30.6 Å². The average Bonchev–Trinajstić information content (AvgIpc) is 0.925. The van der Waals surface area contributed by atoms with Crippen LogP contribution in [0.5, 0.6) is 0 Å². The van der Waals surface area contributed by atoms with Crippen molar-refractivity contribution < 1.29 is 91.7 Å². The molecule has 0 aromatic heterocycles. The van der Waals surface area contributed by atoms with Crippen LogP contribution in [0.1, 0.15) is 483 Å². The number of carboxylic acid groups (broad SMARTS) is 1. The van der Waals surface area contributed by atoms with Gasteiger partial charge in [0.05, 0.1) is 28.8 Å². The molecule has 17 heteroatoms. The van der Waals surface area contributed by atoms with Crippen LogP contribution in [0.15, 0.2) is 21.6 Å². The number of hydrogen-bond donors (Lipinski definition) is 6. The van der Waals surface area contributed by atoms with Crippen molar-refractivity contribution in [1.82, 2.24) is 4.90 Å². The minimum absolute atomic E-state index is 0. The van der Waals surface area contributed by atoms with Gasteiger partial charge >= 0.3 is 49.0 Å². The van der Waals surface area contributed by atoms with E-state index in [0.717, 1.165) is 218 Å². The molecule has 0 saturated heterocycles. The number of hydrogen-bond acceptors (Lipinski definition) is 11. The van der Waals surface area contributed by atoms with E-state index in [1.165, 1.54) is 296 Å². The molecule has 0 spiro atoms. The zero-order valence-electron chi connectivity index (χ0n) is 91.7. The number of unbranched alkanes of at least 4 members (excludes halogenated alkanes) is 1. The Morgan fingerprint density at radius 3 is 0.926 bits per heavy atom. The third-order valence-electron chi connectivity index (χ3n) is 30.2. The first-order valence-electron chi connectivity index (χ1n) is 55.9. The third kappa shape index (κ3) is 94.7. The summed E-state index contributed by atoms with van der Waals surface area (Å²) in [6, 6.07) is 0. The Hall–Kier alpha value is -0.311. The van der Waals surface area contributed by atoms with Gasteiger partial charge in [-0.2, -0.15) is 18.3 Å². The standard InChI is InChI=1S/C13H22.C12H20O2.C10H16Br2.C10H20N.C10H18O.C9H16O2.C9H18O.C9H16O.C8H15.3C7H14O.C3H7Br.C3H7.C2H5O.2V/c1-3-4-5-6-7-13-10-8-12(2)9-11-13;1-10-6-8-11(9-7-10)4-3-5-12(13)14-2;1-8-2-4-9(5-3-8)6-7-10(11)12;1-9-4-6-10(7-5-9)8-11(2)3;1-8-3-5-10(6-4-8)7-9(2)11;1-7-2-4-8(5-3-7)6-9(10)11;2*1-8-2-4-9(5-3-8)6-7-10;1-7-3-5-8(2)6-4-7;3*1-6-2-4-7(8)5-3-6;1-2-3-4;1-3-2;1-2-3;;/h12-13H,3-4,7-11H2,1-2H3;3,5,10-11H,4,6-9H2,1-2H3;7-9H,2-6H2,1H3;9-10H,1,4-8H2,2-3H3;8,10H,3-7H2,1-2H3;7-8H,2-6H2,1H3,(H,10,11);8-10H,2-7H2,1H3;7-9H,2-6H2,1H3;7-8H,1,3-6H2,2H3;3*6-8H,2-5H2,1H3;2-3H2,1H3;1,3H2,2H3;3H,1-2H2;;/q;;;-1;;;;;-1;;;;;2*-1;2*+2/b;5-3+;;;;;;;;;;;;;;;. The summed E-state index contributed by atoms with van der Waals surface area (Å²) in [4.78, 5) is 44.4. The number of aldehydes is 1. The van der Waals surface area contributed by atoms with Gasteiger partial charge in [0.2, 0.25) is 0 Å². The van der Waals surface area contributed by atoms with Gasteiger partial charge in [0.15, 0.2) is 0 Å². The van der Waals surface area contributed by atoms with Gasteiger partial charge in [-0.1, -0.05) is 286 Å². The molecular formula is C119H222Br3NO11V2. The molecule has 12 rings (SSSR count). The number of aliphatic hydroxyl groups excluding tert-OH is 5. The van der Waals surface area contributed by atoms with E-state index in [9.17, 15) is 19.2 Å². The van der Waals surface area contributed by atoms with Crippen molar-refractivity contribution in [3.05, 3.63) is 49.3 Å². The molecule has 2 radical (unpaired) electrons. The fourth-order valence-electron chi connectivity index (χ4n) is 20.0. The molecule has 0 bridgehead atoms. The van der Waals surface area contributed by atoms with Crippen LogP contribution in [-0.4, -0.2) is 124 Å². The number of halogens is 3. The number of nitrogens with zero attached hydrogens (tertiary/aromatic N) is 1. The molecule has 6 N–H and O–H groups in total. The number of rotatable bonds is 18. The Bertz CT molecular complexity index is 2530. The molecule has 12 nitrogen and oxygen atoms in total. The zero-order valence-corrected chi connectivity index (χ0v) is 99.3. The summed E-state index contributed by atoms with van der Waals surface area (Å²) in [7, 11) is 5.74. The number of aliphatic hydroxyl groups is 5. The van der Waals surface area contributed by atoms with Crippen molar-refractivity contribution in [3.8, 4) is 11.8 Å². The minimum atomic E-state index is -0.635. The molecule has 0 heterocycles. The van der Waals surface area contributed by atoms with Crippen molar-refractivity contribution in [2.24, 2.45) is 124 Å². The van der Waals surface area contributed by atoms with Gasteiger partial charge in [0, 0.05) is 56.7 Å². The Morgan fingerprint density at radius 1 is 0.404 bits per heavy atom. The largest absolute Gasteiger partial charge is 2.00 e. The molecule has 136 heavy (non-hydrogen) atoms. The van der Waals surface area contributed by atoms with E-state index in [1.807, 2.05) is 13.0 Å². The first-order valence-corrected chi connectivity index (χ1v) is 58.6. The minimum Gasteiger partial charge on any atom is -0.481 e. The maximum Gasteiger partial charge on any atom is 2.00 e. The van der Waals surface area contributed by atoms with Crippen LogP contribution >= 0.6 is 47.8 Å². The predicted octanol–water partition coefficient (Wildman–Crippen LogP) is 33.8. The van der Waals surface area contributed by atoms with Crippen molar-refractivity contribution in [2.45, 2.75) is 501 Å². The number of methoxy groups -OCH3 is 1. The van der Waals surface area contributed by atoms with Gasteiger partial charge in [0.25, 0.3) is 0 Å². The van der Waals surface area contributed by atoms with Crippen LogP contribution < -0.4 is 0 Å². The molecule has 0 atom stereocenters. The molecule has 12 aliphatic rings. The molecule has 12 saturated carbocycles. The van der Waals surface area contributed by atoms with Gasteiger partial charge in [-0.3, -0.25) is 4.79 Å². The molecule has 12 fully saturated rings. The Morgan fingerprint density at radius 2 is 0.669 bits per heavy atom. The Balaban J connectivity index is -0.000000455. The van der Waals surface area contributed by atoms with Crippen LogP contribution in [0.2, 0.25) is 0 Å². The van der Waals surface area contributed by atoms with Crippen molar-refractivity contribution in [1.29, 1.82) is 0 Å².